The van der Waals surface area contributed by atoms with E-state index >= 15 is 0 Å². The predicted octanol–water partition coefficient (Wildman–Crippen LogP) is 3.00. The normalized spacial score (nSPS) is 24.0. The molecule has 1 fully saturated rings. The molecule has 1 aliphatic heterocycles. The quantitative estimate of drug-likeness (QED) is 0.858. The van der Waals surface area contributed by atoms with Crippen LogP contribution in [-0.4, -0.2) is 29.7 Å². The average molecular weight is 333 g/mol. The molecule has 3 atom stereocenters. The number of carbonyl (C=O) groups is 2. The van der Waals surface area contributed by atoms with Crippen LogP contribution in [0.2, 0.25) is 0 Å². The van der Waals surface area contributed by atoms with Crippen molar-refractivity contribution in [2.24, 2.45) is 5.92 Å². The van der Waals surface area contributed by atoms with Crippen molar-refractivity contribution in [1.29, 1.82) is 0 Å². The van der Waals surface area contributed by atoms with Gasteiger partial charge in [-0.3, -0.25) is 14.9 Å². The Labute approximate surface area is 143 Å². The fraction of sp³-hybridized carbons (Fsp3) is 0.579. The lowest BCUT2D eigenvalue weighted by Crippen LogP contribution is -2.35. The zero-order valence-corrected chi connectivity index (χ0v) is 15.0. The third-order valence-corrected chi connectivity index (χ3v) is 3.78. The number of carbonyl (C=O) groups excluding carboxylic acids is 2. The van der Waals surface area contributed by atoms with Gasteiger partial charge in [-0.15, -0.1) is 0 Å². The smallest absolute Gasteiger partial charge is 0.323 e. The van der Waals surface area contributed by atoms with E-state index in [-0.39, 0.29) is 24.1 Å². The van der Waals surface area contributed by atoms with Crippen LogP contribution in [0.3, 0.4) is 0 Å². The largest absolute Gasteiger partial charge is 0.462 e. The summed E-state index contributed by atoms with van der Waals surface area (Å²) in [5, 5.41) is 3.25. The molecule has 24 heavy (non-hydrogen) atoms. The van der Waals surface area contributed by atoms with Gasteiger partial charge in [0, 0.05) is 6.04 Å². The second kappa shape index (κ2) is 7.34. The van der Waals surface area contributed by atoms with Crippen molar-refractivity contribution in [1.82, 2.24) is 5.32 Å². The van der Waals surface area contributed by atoms with Gasteiger partial charge in [0.2, 0.25) is 0 Å². The van der Waals surface area contributed by atoms with E-state index in [2.05, 4.69) is 5.32 Å². The molecule has 1 aromatic rings. The molecule has 132 valence electrons. The van der Waals surface area contributed by atoms with Gasteiger partial charge in [-0.05, 0) is 46.6 Å². The zero-order valence-electron chi connectivity index (χ0n) is 15.0. The number of benzene rings is 1. The summed E-state index contributed by atoms with van der Waals surface area (Å²) >= 11 is 0. The van der Waals surface area contributed by atoms with E-state index in [9.17, 15) is 9.59 Å². The maximum Gasteiger partial charge on any atom is 0.323 e. The minimum absolute atomic E-state index is 0.185. The predicted molar refractivity (Wildman–Crippen MR) is 91.3 cm³/mol. The monoisotopic (exact) mass is 333 g/mol. The van der Waals surface area contributed by atoms with Crippen molar-refractivity contribution in [3.63, 3.8) is 0 Å². The molecule has 0 aliphatic carbocycles. The fourth-order valence-corrected chi connectivity index (χ4v) is 2.87. The van der Waals surface area contributed by atoms with Crippen LogP contribution < -0.4 is 5.32 Å². The second-order valence-corrected chi connectivity index (χ2v) is 7.47. The Morgan fingerprint density at radius 3 is 2.29 bits per heavy atom. The Kier molecular flexibility index (Phi) is 5.65. The SMILES string of the molecule is CC(C)OC(=O)[C@@H]1C[C@H](C(=O)OC(C)(C)C)[C@H](c2ccccc2)N1. The van der Waals surface area contributed by atoms with Crippen LogP contribution in [0.4, 0.5) is 0 Å². The molecule has 0 unspecified atom stereocenters. The highest BCUT2D eigenvalue weighted by molar-refractivity contribution is 5.81. The van der Waals surface area contributed by atoms with Gasteiger partial charge in [0.1, 0.15) is 11.6 Å². The molecule has 5 heteroatoms. The number of nitrogens with one attached hydrogen (secondary N) is 1. The highest BCUT2D eigenvalue weighted by Crippen LogP contribution is 2.35. The van der Waals surface area contributed by atoms with Gasteiger partial charge >= 0.3 is 11.9 Å². The van der Waals surface area contributed by atoms with Crippen LogP contribution >= 0.6 is 0 Å². The van der Waals surface area contributed by atoms with E-state index in [1.807, 2.05) is 65.0 Å². The molecule has 0 radical (unpaired) electrons. The fourth-order valence-electron chi connectivity index (χ4n) is 2.87. The first-order valence-electron chi connectivity index (χ1n) is 8.41. The summed E-state index contributed by atoms with van der Waals surface area (Å²) in [7, 11) is 0. The Morgan fingerprint density at radius 1 is 1.12 bits per heavy atom. The third kappa shape index (κ3) is 4.81. The van der Waals surface area contributed by atoms with Gasteiger partial charge < -0.3 is 9.47 Å². The highest BCUT2D eigenvalue weighted by atomic mass is 16.6. The molecule has 0 amide bonds. The number of esters is 2. The van der Waals surface area contributed by atoms with Crippen molar-refractivity contribution in [3.8, 4) is 0 Å². The molecule has 5 nitrogen and oxygen atoms in total. The van der Waals surface area contributed by atoms with E-state index in [0.29, 0.717) is 6.42 Å². The topological polar surface area (TPSA) is 64.6 Å². The first-order valence-corrected chi connectivity index (χ1v) is 8.41. The summed E-state index contributed by atoms with van der Waals surface area (Å²) < 4.78 is 10.8. The summed E-state index contributed by atoms with van der Waals surface area (Å²) in [4.78, 5) is 24.9. The first-order chi connectivity index (χ1) is 11.2. The van der Waals surface area contributed by atoms with E-state index < -0.39 is 17.6 Å². The summed E-state index contributed by atoms with van der Waals surface area (Å²) in [6.45, 7) is 9.15. The molecule has 1 saturated heterocycles. The molecule has 1 aliphatic rings. The van der Waals surface area contributed by atoms with Crippen LogP contribution in [0.25, 0.3) is 0 Å². The van der Waals surface area contributed by atoms with Gasteiger partial charge in [-0.2, -0.15) is 0 Å². The minimum Gasteiger partial charge on any atom is -0.462 e. The number of rotatable bonds is 4. The average Bonchev–Trinajstić information content (AvgIpc) is 2.91. The van der Waals surface area contributed by atoms with Crippen LogP contribution in [0.1, 0.15) is 52.6 Å². The molecule has 0 bridgehead atoms. The highest BCUT2D eigenvalue weighted by Gasteiger charge is 2.44. The minimum atomic E-state index is -0.561. The molecule has 0 aromatic heterocycles. The lowest BCUT2D eigenvalue weighted by molar-refractivity contribution is -0.160. The van der Waals surface area contributed by atoms with E-state index in [0.717, 1.165) is 5.56 Å². The number of hydrogen-bond acceptors (Lipinski definition) is 5. The summed E-state index contributed by atoms with van der Waals surface area (Å²) in [6, 6.07) is 8.90. The van der Waals surface area contributed by atoms with Crippen molar-refractivity contribution >= 4 is 11.9 Å². The van der Waals surface area contributed by atoms with Gasteiger partial charge in [0.15, 0.2) is 0 Å². The number of ether oxygens (including phenoxy) is 2. The summed E-state index contributed by atoms with van der Waals surface area (Å²) in [6.07, 6.45) is 0.190. The first kappa shape index (κ1) is 18.5. The second-order valence-electron chi connectivity index (χ2n) is 7.47. The van der Waals surface area contributed by atoms with Gasteiger partial charge in [-0.25, -0.2) is 0 Å². The third-order valence-electron chi connectivity index (χ3n) is 3.78. The van der Waals surface area contributed by atoms with E-state index in [1.165, 1.54) is 0 Å². The van der Waals surface area contributed by atoms with Crippen LogP contribution in [0.5, 0.6) is 0 Å². The molecule has 2 rings (SSSR count). The van der Waals surface area contributed by atoms with Gasteiger partial charge in [0.25, 0.3) is 0 Å². The number of hydrogen-bond donors (Lipinski definition) is 1. The Hall–Kier alpha value is -1.88. The Bertz CT molecular complexity index is 577. The van der Waals surface area contributed by atoms with E-state index in [4.69, 9.17) is 9.47 Å². The molecule has 1 heterocycles. The molecule has 1 N–H and O–H groups in total. The summed E-state index contributed by atoms with van der Waals surface area (Å²) in [5.41, 5.74) is 0.405. The summed E-state index contributed by atoms with van der Waals surface area (Å²) in [5.74, 6) is -1.03. The van der Waals surface area contributed by atoms with E-state index in [1.54, 1.807) is 0 Å². The standard InChI is InChI=1S/C19H27NO4/c1-12(2)23-18(22)15-11-14(17(21)24-19(3,4)5)16(20-15)13-9-7-6-8-10-13/h6-10,12,14-16,20H,11H2,1-5H3/t14-,15-,16-/m0/s1. The van der Waals surface area contributed by atoms with Crippen LogP contribution in [0.15, 0.2) is 30.3 Å². The Morgan fingerprint density at radius 2 is 1.75 bits per heavy atom. The molecular formula is C19H27NO4. The van der Waals surface area contributed by atoms with Gasteiger partial charge in [0.05, 0.1) is 12.0 Å². The van der Waals surface area contributed by atoms with Crippen LogP contribution in [-0.2, 0) is 19.1 Å². The van der Waals surface area contributed by atoms with Gasteiger partial charge in [-0.1, -0.05) is 30.3 Å². The lowest BCUT2D eigenvalue weighted by Gasteiger charge is -2.25. The van der Waals surface area contributed by atoms with Crippen molar-refractivity contribution < 1.29 is 19.1 Å². The van der Waals surface area contributed by atoms with Crippen molar-refractivity contribution in [3.05, 3.63) is 35.9 Å². The van der Waals surface area contributed by atoms with Crippen LogP contribution in [0, 0.1) is 5.92 Å². The Balaban J connectivity index is 2.21. The lowest BCUT2D eigenvalue weighted by atomic mass is 9.93. The molecule has 0 saturated carbocycles. The molecule has 0 spiro atoms. The maximum absolute atomic E-state index is 12.6. The molecular weight excluding hydrogens is 306 g/mol. The van der Waals surface area contributed by atoms with Crippen molar-refractivity contribution in [2.45, 2.75) is 64.8 Å². The molecule has 1 aromatic carbocycles. The maximum atomic E-state index is 12.6. The van der Waals surface area contributed by atoms with Crippen molar-refractivity contribution in [2.75, 3.05) is 0 Å². The zero-order chi connectivity index (χ0) is 17.9.